The Kier molecular flexibility index (Phi) is 8.10. The molecule has 0 bridgehead atoms. The first-order valence-electron chi connectivity index (χ1n) is 9.95. The Morgan fingerprint density at radius 1 is 1.11 bits per heavy atom. The minimum Gasteiger partial charge on any atom is -0.369 e. The summed E-state index contributed by atoms with van der Waals surface area (Å²) >= 11 is 0. The first-order chi connectivity index (χ1) is 12.9. The summed E-state index contributed by atoms with van der Waals surface area (Å²) in [4.78, 5) is 30.4. The highest BCUT2D eigenvalue weighted by molar-refractivity contribution is 5.92. The number of rotatable bonds is 8. The zero-order valence-corrected chi connectivity index (χ0v) is 17.2. The van der Waals surface area contributed by atoms with E-state index in [2.05, 4.69) is 48.1 Å². The van der Waals surface area contributed by atoms with Gasteiger partial charge in [0.05, 0.1) is 0 Å². The van der Waals surface area contributed by atoms with E-state index in [9.17, 15) is 9.59 Å². The number of hydrogen-bond donors (Lipinski definition) is 1. The molecule has 1 aliphatic heterocycles. The van der Waals surface area contributed by atoms with Crippen molar-refractivity contribution in [1.29, 1.82) is 0 Å². The number of likely N-dealkylation sites (N-methyl/N-ethyl adjacent to an activating group) is 1. The van der Waals surface area contributed by atoms with Crippen LogP contribution in [-0.4, -0.2) is 63.0 Å². The van der Waals surface area contributed by atoms with Gasteiger partial charge < -0.3 is 20.0 Å². The number of piperazine rings is 1. The van der Waals surface area contributed by atoms with Crippen molar-refractivity contribution in [3.8, 4) is 0 Å². The largest absolute Gasteiger partial charge is 0.369 e. The van der Waals surface area contributed by atoms with E-state index in [0.717, 1.165) is 38.3 Å². The number of anilines is 2. The summed E-state index contributed by atoms with van der Waals surface area (Å²) in [5.74, 6) is 0.520. The van der Waals surface area contributed by atoms with E-state index in [-0.39, 0.29) is 11.8 Å². The molecule has 2 amide bonds. The van der Waals surface area contributed by atoms with E-state index in [4.69, 9.17) is 0 Å². The van der Waals surface area contributed by atoms with Crippen LogP contribution in [0.1, 0.15) is 33.6 Å². The second kappa shape index (κ2) is 10.3. The van der Waals surface area contributed by atoms with Gasteiger partial charge in [-0.05, 0) is 43.7 Å². The quantitative estimate of drug-likeness (QED) is 0.759. The van der Waals surface area contributed by atoms with E-state index < -0.39 is 0 Å². The number of carbonyl (C=O) groups excluding carboxylic acids is 2. The van der Waals surface area contributed by atoms with Crippen molar-refractivity contribution in [1.82, 2.24) is 10.2 Å². The summed E-state index contributed by atoms with van der Waals surface area (Å²) < 4.78 is 0. The Labute approximate surface area is 163 Å². The second-order valence-corrected chi connectivity index (χ2v) is 7.76. The molecule has 0 aromatic heterocycles. The zero-order valence-electron chi connectivity index (χ0n) is 17.2. The minimum atomic E-state index is -0.0441. The van der Waals surface area contributed by atoms with E-state index in [0.29, 0.717) is 25.4 Å². The van der Waals surface area contributed by atoms with Crippen LogP contribution in [0.3, 0.4) is 0 Å². The van der Waals surface area contributed by atoms with Gasteiger partial charge >= 0.3 is 0 Å². The Bertz CT molecular complexity index is 607. The van der Waals surface area contributed by atoms with Crippen molar-refractivity contribution in [3.63, 3.8) is 0 Å². The van der Waals surface area contributed by atoms with E-state index in [1.54, 1.807) is 11.8 Å². The van der Waals surface area contributed by atoms with Gasteiger partial charge in [0.1, 0.15) is 0 Å². The molecule has 0 saturated carbocycles. The van der Waals surface area contributed by atoms with Gasteiger partial charge in [-0.15, -0.1) is 0 Å². The van der Waals surface area contributed by atoms with Gasteiger partial charge in [-0.3, -0.25) is 9.59 Å². The smallest absolute Gasteiger partial charge is 0.223 e. The highest BCUT2D eigenvalue weighted by atomic mass is 16.2. The summed E-state index contributed by atoms with van der Waals surface area (Å²) in [5, 5.41) is 2.93. The molecule has 1 saturated heterocycles. The lowest BCUT2D eigenvalue weighted by Gasteiger charge is -2.34. The van der Waals surface area contributed by atoms with Crippen LogP contribution in [0.25, 0.3) is 0 Å². The zero-order chi connectivity index (χ0) is 19.8. The molecule has 1 aliphatic rings. The van der Waals surface area contributed by atoms with Crippen molar-refractivity contribution in [3.05, 3.63) is 24.3 Å². The average molecular weight is 375 g/mol. The Morgan fingerprint density at radius 2 is 1.74 bits per heavy atom. The summed E-state index contributed by atoms with van der Waals surface area (Å²) in [6.45, 7) is 11.1. The van der Waals surface area contributed by atoms with Gasteiger partial charge in [0.25, 0.3) is 0 Å². The molecule has 27 heavy (non-hydrogen) atoms. The molecule has 0 atom stereocenters. The fourth-order valence-corrected chi connectivity index (χ4v) is 3.18. The maximum absolute atomic E-state index is 12.1. The first-order valence-corrected chi connectivity index (χ1v) is 9.95. The number of benzene rings is 1. The third-order valence-electron chi connectivity index (χ3n) is 5.02. The van der Waals surface area contributed by atoms with Crippen molar-refractivity contribution in [2.45, 2.75) is 33.6 Å². The molecule has 1 aromatic carbocycles. The SMILES string of the molecule is CC(=O)N(CCC(=O)NCCC(C)C)c1ccc(N2CCN(C)CC2)cc1. The molecule has 1 N–H and O–H groups in total. The van der Waals surface area contributed by atoms with Crippen LogP contribution in [0.5, 0.6) is 0 Å². The lowest BCUT2D eigenvalue weighted by Crippen LogP contribution is -2.44. The second-order valence-electron chi connectivity index (χ2n) is 7.76. The van der Waals surface area contributed by atoms with Gasteiger partial charge in [0, 0.05) is 64.0 Å². The molecule has 0 radical (unpaired) electrons. The molecule has 1 fully saturated rings. The highest BCUT2D eigenvalue weighted by Crippen LogP contribution is 2.22. The van der Waals surface area contributed by atoms with Crippen LogP contribution >= 0.6 is 0 Å². The van der Waals surface area contributed by atoms with Crippen LogP contribution in [0, 0.1) is 5.92 Å². The van der Waals surface area contributed by atoms with Crippen molar-refractivity contribution in [2.24, 2.45) is 5.92 Å². The van der Waals surface area contributed by atoms with Gasteiger partial charge in [-0.2, -0.15) is 0 Å². The van der Waals surface area contributed by atoms with Crippen LogP contribution < -0.4 is 15.1 Å². The Hall–Kier alpha value is -2.08. The number of hydrogen-bond acceptors (Lipinski definition) is 4. The molecular weight excluding hydrogens is 340 g/mol. The lowest BCUT2D eigenvalue weighted by atomic mass is 10.1. The van der Waals surface area contributed by atoms with Crippen molar-refractivity contribution < 1.29 is 9.59 Å². The molecule has 0 aliphatic carbocycles. The fourth-order valence-electron chi connectivity index (χ4n) is 3.18. The molecule has 1 heterocycles. The lowest BCUT2D eigenvalue weighted by molar-refractivity contribution is -0.121. The summed E-state index contributed by atoms with van der Waals surface area (Å²) in [5.41, 5.74) is 2.03. The average Bonchev–Trinajstić information content (AvgIpc) is 2.62. The van der Waals surface area contributed by atoms with Gasteiger partial charge in [-0.25, -0.2) is 0 Å². The van der Waals surface area contributed by atoms with Crippen LogP contribution in [-0.2, 0) is 9.59 Å². The van der Waals surface area contributed by atoms with E-state index >= 15 is 0 Å². The van der Waals surface area contributed by atoms with Crippen LogP contribution in [0.4, 0.5) is 11.4 Å². The maximum Gasteiger partial charge on any atom is 0.223 e. The maximum atomic E-state index is 12.1. The molecule has 0 spiro atoms. The number of nitrogens with one attached hydrogen (secondary N) is 1. The summed E-state index contributed by atoms with van der Waals surface area (Å²) in [7, 11) is 2.14. The first kappa shape index (κ1) is 21.2. The number of amides is 2. The Balaban J connectivity index is 1.90. The third kappa shape index (κ3) is 6.86. The van der Waals surface area contributed by atoms with Crippen LogP contribution in [0.15, 0.2) is 24.3 Å². The van der Waals surface area contributed by atoms with Gasteiger partial charge in [0.2, 0.25) is 11.8 Å². The molecule has 6 nitrogen and oxygen atoms in total. The predicted octanol–water partition coefficient (Wildman–Crippen LogP) is 2.34. The number of carbonyl (C=O) groups is 2. The normalized spacial score (nSPS) is 15.1. The Morgan fingerprint density at radius 3 is 2.30 bits per heavy atom. The summed E-state index contributed by atoms with van der Waals surface area (Å²) in [6, 6.07) is 8.09. The fraction of sp³-hybridized carbons (Fsp3) is 0.619. The van der Waals surface area contributed by atoms with Gasteiger partial charge in [-0.1, -0.05) is 13.8 Å². The van der Waals surface area contributed by atoms with Crippen molar-refractivity contribution >= 4 is 23.2 Å². The minimum absolute atomic E-state index is 0.00374. The van der Waals surface area contributed by atoms with Crippen molar-refractivity contribution in [2.75, 3.05) is 56.1 Å². The molecule has 6 heteroatoms. The standard InChI is InChI=1S/C21H34N4O2/c1-17(2)9-11-22-21(27)10-12-25(18(3)26)20-7-5-19(6-8-20)24-15-13-23(4)14-16-24/h5-8,17H,9-16H2,1-4H3,(H,22,27). The molecule has 2 rings (SSSR count). The third-order valence-corrected chi connectivity index (χ3v) is 5.02. The number of nitrogens with zero attached hydrogens (tertiary/aromatic N) is 3. The molecular formula is C21H34N4O2. The topological polar surface area (TPSA) is 55.9 Å². The monoisotopic (exact) mass is 374 g/mol. The van der Waals surface area contributed by atoms with E-state index in [1.807, 2.05) is 12.1 Å². The van der Waals surface area contributed by atoms with E-state index in [1.165, 1.54) is 5.69 Å². The molecule has 1 aromatic rings. The predicted molar refractivity (Wildman–Crippen MR) is 111 cm³/mol. The summed E-state index contributed by atoms with van der Waals surface area (Å²) in [6.07, 6.45) is 1.29. The molecule has 150 valence electrons. The molecule has 0 unspecified atom stereocenters. The highest BCUT2D eigenvalue weighted by Gasteiger charge is 2.16. The van der Waals surface area contributed by atoms with Gasteiger partial charge in [0.15, 0.2) is 0 Å². The van der Waals surface area contributed by atoms with Crippen LogP contribution in [0.2, 0.25) is 0 Å².